The number of hydrogen-bond donors (Lipinski definition) is 2. The average Bonchev–Trinajstić information content (AvgIpc) is 2.54. The molecule has 138 valence electrons. The van der Waals surface area contributed by atoms with E-state index in [9.17, 15) is 14.7 Å². The second-order valence-electron chi connectivity index (χ2n) is 7.06. The van der Waals surface area contributed by atoms with Crippen molar-refractivity contribution in [3.05, 3.63) is 58.1 Å². The molecule has 0 radical (unpaired) electrons. The van der Waals surface area contributed by atoms with Crippen LogP contribution in [0, 0.1) is 6.92 Å². The lowest BCUT2D eigenvalue weighted by Gasteiger charge is -2.19. The third-order valence-electron chi connectivity index (χ3n) is 3.89. The summed E-state index contributed by atoms with van der Waals surface area (Å²) in [7, 11) is 0. The van der Waals surface area contributed by atoms with Gasteiger partial charge in [-0.1, -0.05) is 44.5 Å². The first-order chi connectivity index (χ1) is 12.1. The lowest BCUT2D eigenvalue weighted by Crippen LogP contribution is -2.22. The van der Waals surface area contributed by atoms with Crippen molar-refractivity contribution in [1.82, 2.24) is 0 Å². The van der Waals surface area contributed by atoms with Crippen LogP contribution < -0.4 is 10.1 Å². The summed E-state index contributed by atoms with van der Waals surface area (Å²) in [5, 5.41) is 12.2. The number of aromatic carboxylic acids is 1. The number of nitrogens with one attached hydrogen (secondary N) is 1. The van der Waals surface area contributed by atoms with E-state index < -0.39 is 11.9 Å². The minimum atomic E-state index is -1.16. The monoisotopic (exact) mass is 375 g/mol. The van der Waals surface area contributed by atoms with E-state index in [1.807, 2.05) is 24.3 Å². The molecule has 0 saturated heterocycles. The molecule has 0 aliphatic heterocycles. The van der Waals surface area contributed by atoms with Crippen molar-refractivity contribution in [3.8, 4) is 5.75 Å². The van der Waals surface area contributed by atoms with Gasteiger partial charge in [0, 0.05) is 5.02 Å². The van der Waals surface area contributed by atoms with Crippen LogP contribution in [-0.2, 0) is 10.2 Å². The van der Waals surface area contributed by atoms with Gasteiger partial charge in [-0.25, -0.2) is 4.79 Å². The molecule has 0 bridgehead atoms. The summed E-state index contributed by atoms with van der Waals surface area (Å²) >= 11 is 5.89. The molecule has 5 nitrogen and oxygen atoms in total. The summed E-state index contributed by atoms with van der Waals surface area (Å²) in [6, 6.07) is 10.4. The van der Waals surface area contributed by atoms with Gasteiger partial charge in [0.1, 0.15) is 5.75 Å². The van der Waals surface area contributed by atoms with E-state index in [-0.39, 0.29) is 23.3 Å². The van der Waals surface area contributed by atoms with Gasteiger partial charge >= 0.3 is 5.97 Å². The molecule has 0 aliphatic carbocycles. The van der Waals surface area contributed by atoms with Crippen LogP contribution in [-0.4, -0.2) is 23.6 Å². The van der Waals surface area contributed by atoms with Gasteiger partial charge < -0.3 is 15.2 Å². The zero-order valence-electron chi connectivity index (χ0n) is 15.2. The number of rotatable bonds is 5. The van der Waals surface area contributed by atoms with Crippen molar-refractivity contribution in [2.24, 2.45) is 0 Å². The minimum Gasteiger partial charge on any atom is -0.484 e. The van der Waals surface area contributed by atoms with E-state index in [1.54, 1.807) is 13.0 Å². The van der Waals surface area contributed by atoms with Crippen LogP contribution in [0.15, 0.2) is 36.4 Å². The zero-order valence-corrected chi connectivity index (χ0v) is 16.0. The Bertz CT molecular complexity index is 823. The summed E-state index contributed by atoms with van der Waals surface area (Å²) in [4.78, 5) is 23.5. The summed E-state index contributed by atoms with van der Waals surface area (Å²) < 4.78 is 5.49. The Morgan fingerprint density at radius 3 is 2.31 bits per heavy atom. The number of carboxylic acid groups (broad SMARTS) is 1. The van der Waals surface area contributed by atoms with Crippen molar-refractivity contribution < 1.29 is 19.4 Å². The lowest BCUT2D eigenvalue weighted by atomic mass is 9.87. The first-order valence-electron chi connectivity index (χ1n) is 8.14. The largest absolute Gasteiger partial charge is 0.484 e. The molecule has 0 atom stereocenters. The molecule has 0 unspecified atom stereocenters. The van der Waals surface area contributed by atoms with Crippen LogP contribution in [0.4, 0.5) is 5.69 Å². The van der Waals surface area contributed by atoms with Gasteiger partial charge in [-0.3, -0.25) is 4.79 Å². The Hall–Kier alpha value is -2.53. The van der Waals surface area contributed by atoms with E-state index >= 15 is 0 Å². The van der Waals surface area contributed by atoms with Crippen molar-refractivity contribution in [2.45, 2.75) is 33.1 Å². The van der Waals surface area contributed by atoms with Crippen LogP contribution in [0.5, 0.6) is 5.75 Å². The first kappa shape index (κ1) is 19.8. The van der Waals surface area contributed by atoms with Gasteiger partial charge in [0.05, 0.1) is 11.3 Å². The predicted molar refractivity (Wildman–Crippen MR) is 102 cm³/mol. The maximum absolute atomic E-state index is 12.2. The molecule has 0 heterocycles. The minimum absolute atomic E-state index is 0.0370. The molecule has 2 N–H and O–H groups in total. The van der Waals surface area contributed by atoms with Crippen LogP contribution in [0.25, 0.3) is 0 Å². The number of carbonyl (C=O) groups excluding carboxylic acids is 1. The lowest BCUT2D eigenvalue weighted by molar-refractivity contribution is -0.118. The van der Waals surface area contributed by atoms with Crippen LogP contribution in [0.3, 0.4) is 0 Å². The Kier molecular flexibility index (Phi) is 5.93. The number of anilines is 1. The van der Waals surface area contributed by atoms with Crippen LogP contribution in [0.1, 0.15) is 42.3 Å². The average molecular weight is 376 g/mol. The number of benzene rings is 2. The highest BCUT2D eigenvalue weighted by atomic mass is 35.5. The van der Waals surface area contributed by atoms with Gasteiger partial charge in [-0.2, -0.15) is 0 Å². The van der Waals surface area contributed by atoms with Crippen LogP contribution >= 0.6 is 11.6 Å². The summed E-state index contributed by atoms with van der Waals surface area (Å²) in [5.41, 5.74) is 1.93. The third-order valence-corrected chi connectivity index (χ3v) is 4.10. The number of amides is 1. The second kappa shape index (κ2) is 7.79. The topological polar surface area (TPSA) is 75.6 Å². The smallest absolute Gasteiger partial charge is 0.337 e. The Balaban J connectivity index is 2.05. The van der Waals surface area contributed by atoms with Crippen LogP contribution in [0.2, 0.25) is 5.02 Å². The van der Waals surface area contributed by atoms with Gasteiger partial charge in [-0.05, 0) is 47.7 Å². The highest BCUT2D eigenvalue weighted by Crippen LogP contribution is 2.26. The molecule has 0 spiro atoms. The van der Waals surface area contributed by atoms with Crippen molar-refractivity contribution in [3.63, 3.8) is 0 Å². The molecule has 1 amide bonds. The number of aryl methyl sites for hydroxylation is 1. The molecular formula is C20H22ClNO4. The molecule has 0 aromatic heterocycles. The van der Waals surface area contributed by atoms with E-state index in [4.69, 9.17) is 16.3 Å². The number of ether oxygens (including phenoxy) is 1. The van der Waals surface area contributed by atoms with Crippen molar-refractivity contribution >= 4 is 29.2 Å². The molecular weight excluding hydrogens is 354 g/mol. The van der Waals surface area contributed by atoms with Gasteiger partial charge in [0.15, 0.2) is 6.61 Å². The Morgan fingerprint density at radius 2 is 1.77 bits per heavy atom. The predicted octanol–water partition coefficient (Wildman–Crippen LogP) is 4.66. The van der Waals surface area contributed by atoms with Crippen molar-refractivity contribution in [2.75, 3.05) is 11.9 Å². The fourth-order valence-electron chi connectivity index (χ4n) is 2.45. The van der Waals surface area contributed by atoms with E-state index in [0.717, 1.165) is 5.56 Å². The summed E-state index contributed by atoms with van der Waals surface area (Å²) in [6.07, 6.45) is 0. The van der Waals surface area contributed by atoms with Crippen molar-refractivity contribution in [1.29, 1.82) is 0 Å². The Morgan fingerprint density at radius 1 is 1.15 bits per heavy atom. The van der Waals surface area contributed by atoms with E-state index in [2.05, 4.69) is 26.1 Å². The quantitative estimate of drug-likeness (QED) is 0.796. The standard InChI is InChI=1S/C20H22ClNO4/c1-12-9-14(21)10-16(19(24)25)18(12)22-17(23)11-26-15-7-5-13(6-8-15)20(2,3)4/h5-10H,11H2,1-4H3,(H,22,23)(H,24,25). The maximum atomic E-state index is 12.2. The highest BCUT2D eigenvalue weighted by molar-refractivity contribution is 6.31. The normalized spacial score (nSPS) is 11.1. The summed E-state index contributed by atoms with van der Waals surface area (Å²) in [6.45, 7) is 7.80. The van der Waals surface area contributed by atoms with Gasteiger partial charge in [0.25, 0.3) is 5.91 Å². The second-order valence-corrected chi connectivity index (χ2v) is 7.50. The molecule has 2 aromatic carbocycles. The van der Waals surface area contributed by atoms with Gasteiger partial charge in [-0.15, -0.1) is 0 Å². The molecule has 0 aliphatic rings. The zero-order chi connectivity index (χ0) is 19.5. The molecule has 6 heteroatoms. The number of halogens is 1. The maximum Gasteiger partial charge on any atom is 0.337 e. The van der Waals surface area contributed by atoms with E-state index in [1.165, 1.54) is 6.07 Å². The highest BCUT2D eigenvalue weighted by Gasteiger charge is 2.17. The van der Waals surface area contributed by atoms with Gasteiger partial charge in [0.2, 0.25) is 0 Å². The molecule has 0 fully saturated rings. The number of hydrogen-bond acceptors (Lipinski definition) is 3. The first-order valence-corrected chi connectivity index (χ1v) is 8.52. The summed E-state index contributed by atoms with van der Waals surface area (Å²) in [5.74, 6) is -1.04. The Labute approximate surface area is 157 Å². The fourth-order valence-corrected chi connectivity index (χ4v) is 2.73. The number of carbonyl (C=O) groups is 2. The molecule has 2 rings (SSSR count). The molecule has 0 saturated carbocycles. The number of carboxylic acids is 1. The third kappa shape index (κ3) is 4.99. The molecule has 26 heavy (non-hydrogen) atoms. The fraction of sp³-hybridized carbons (Fsp3) is 0.300. The van der Waals surface area contributed by atoms with E-state index in [0.29, 0.717) is 16.3 Å². The molecule has 2 aromatic rings. The SMILES string of the molecule is Cc1cc(Cl)cc(C(=O)O)c1NC(=O)COc1ccc(C(C)(C)C)cc1.